The third-order valence-corrected chi connectivity index (χ3v) is 4.64. The van der Waals surface area contributed by atoms with E-state index in [0.29, 0.717) is 5.82 Å². The number of pyridine rings is 1. The van der Waals surface area contributed by atoms with E-state index >= 15 is 0 Å². The van der Waals surface area contributed by atoms with Crippen LogP contribution >= 0.6 is 0 Å². The van der Waals surface area contributed by atoms with Gasteiger partial charge in [-0.3, -0.25) is 10.4 Å². The normalized spacial score (nSPS) is 11.2. The zero-order valence-corrected chi connectivity index (χ0v) is 15.9. The Hall–Kier alpha value is -4.39. The third kappa shape index (κ3) is 3.51. The van der Waals surface area contributed by atoms with Crippen molar-refractivity contribution in [2.24, 2.45) is 5.10 Å². The van der Waals surface area contributed by atoms with Crippen LogP contribution in [-0.2, 0) is 0 Å². The SMILES string of the molecule is C(=N/Nc1nncc2ccccc12)/c1cn(-c2ccccc2)nc1-c1cccnc1. The molecule has 5 aromatic rings. The van der Waals surface area contributed by atoms with Crippen molar-refractivity contribution >= 4 is 22.8 Å². The number of benzene rings is 2. The number of anilines is 1. The van der Waals surface area contributed by atoms with Crippen molar-refractivity contribution in [2.75, 3.05) is 5.43 Å². The van der Waals surface area contributed by atoms with Gasteiger partial charge in [0.25, 0.3) is 0 Å². The number of rotatable bonds is 5. The van der Waals surface area contributed by atoms with E-state index in [0.717, 1.165) is 33.3 Å². The van der Waals surface area contributed by atoms with Gasteiger partial charge in [0.15, 0.2) is 5.82 Å². The molecule has 5 rings (SSSR count). The maximum atomic E-state index is 4.76. The molecule has 1 N–H and O–H groups in total. The molecule has 0 saturated carbocycles. The molecule has 0 bridgehead atoms. The van der Waals surface area contributed by atoms with E-state index < -0.39 is 0 Å². The van der Waals surface area contributed by atoms with Crippen LogP contribution in [0.25, 0.3) is 27.7 Å². The van der Waals surface area contributed by atoms with Crippen LogP contribution < -0.4 is 5.43 Å². The Labute approximate surface area is 172 Å². The molecule has 0 fully saturated rings. The molecule has 0 amide bonds. The van der Waals surface area contributed by atoms with Gasteiger partial charge in [-0.2, -0.15) is 15.3 Å². The first-order valence-electron chi connectivity index (χ1n) is 9.43. The van der Waals surface area contributed by atoms with Gasteiger partial charge in [-0.15, -0.1) is 5.10 Å². The highest BCUT2D eigenvalue weighted by Crippen LogP contribution is 2.22. The maximum absolute atomic E-state index is 4.76. The number of aromatic nitrogens is 5. The molecule has 144 valence electrons. The lowest BCUT2D eigenvalue weighted by molar-refractivity contribution is 0.884. The fraction of sp³-hybridized carbons (Fsp3) is 0. The highest BCUT2D eigenvalue weighted by molar-refractivity contribution is 5.92. The van der Waals surface area contributed by atoms with Gasteiger partial charge in [-0.05, 0) is 24.3 Å². The van der Waals surface area contributed by atoms with Crippen LogP contribution in [0.5, 0.6) is 0 Å². The Morgan fingerprint density at radius 2 is 1.77 bits per heavy atom. The van der Waals surface area contributed by atoms with E-state index in [-0.39, 0.29) is 0 Å². The summed E-state index contributed by atoms with van der Waals surface area (Å²) >= 11 is 0. The summed E-state index contributed by atoms with van der Waals surface area (Å²) in [6.45, 7) is 0. The number of nitrogens with one attached hydrogen (secondary N) is 1. The highest BCUT2D eigenvalue weighted by atomic mass is 15.3. The summed E-state index contributed by atoms with van der Waals surface area (Å²) in [6, 6.07) is 21.7. The van der Waals surface area contributed by atoms with Gasteiger partial charge in [0.05, 0.1) is 18.1 Å². The predicted octanol–water partition coefficient (Wildman–Crippen LogP) is 4.32. The zero-order chi connectivity index (χ0) is 20.2. The van der Waals surface area contributed by atoms with Gasteiger partial charge in [-0.1, -0.05) is 42.5 Å². The van der Waals surface area contributed by atoms with Gasteiger partial charge in [0.2, 0.25) is 0 Å². The molecule has 0 atom stereocenters. The molecule has 0 radical (unpaired) electrons. The summed E-state index contributed by atoms with van der Waals surface area (Å²) in [5.74, 6) is 0.600. The van der Waals surface area contributed by atoms with Crippen LogP contribution in [0.1, 0.15) is 5.56 Å². The summed E-state index contributed by atoms with van der Waals surface area (Å²) < 4.78 is 1.83. The minimum absolute atomic E-state index is 0.600. The predicted molar refractivity (Wildman–Crippen MR) is 118 cm³/mol. The quantitative estimate of drug-likeness (QED) is 0.356. The molecular weight excluding hydrogens is 374 g/mol. The van der Waals surface area contributed by atoms with E-state index in [1.807, 2.05) is 77.6 Å². The molecule has 0 spiro atoms. The molecule has 7 heteroatoms. The van der Waals surface area contributed by atoms with Gasteiger partial charge in [0, 0.05) is 40.5 Å². The van der Waals surface area contributed by atoms with Crippen LogP contribution in [0.3, 0.4) is 0 Å². The second-order valence-electron chi connectivity index (χ2n) is 6.61. The van der Waals surface area contributed by atoms with Crippen molar-refractivity contribution in [1.29, 1.82) is 0 Å². The third-order valence-electron chi connectivity index (χ3n) is 4.64. The molecule has 30 heavy (non-hydrogen) atoms. The molecule has 0 aliphatic carbocycles. The Bertz CT molecular complexity index is 1310. The van der Waals surface area contributed by atoms with E-state index in [1.54, 1.807) is 24.8 Å². The fourth-order valence-corrected chi connectivity index (χ4v) is 3.20. The van der Waals surface area contributed by atoms with E-state index in [2.05, 4.69) is 25.7 Å². The summed E-state index contributed by atoms with van der Waals surface area (Å²) in [4.78, 5) is 4.22. The number of hydrazone groups is 1. The minimum atomic E-state index is 0.600. The number of fused-ring (bicyclic) bond motifs is 1. The first kappa shape index (κ1) is 17.7. The van der Waals surface area contributed by atoms with Crippen molar-refractivity contribution in [3.05, 3.63) is 97.1 Å². The number of para-hydroxylation sites is 1. The zero-order valence-electron chi connectivity index (χ0n) is 15.9. The molecule has 0 unspecified atom stereocenters. The van der Waals surface area contributed by atoms with Gasteiger partial charge in [-0.25, -0.2) is 4.68 Å². The molecule has 0 saturated heterocycles. The standard InChI is InChI=1S/C23H17N7/c1-2-9-20(10-3-1)30-16-19(22(29-30)18-8-6-12-24-13-18)15-26-28-23-21-11-5-4-7-17(21)14-25-27-23/h1-16H,(H,27,28)/b26-15-. The second kappa shape index (κ2) is 7.92. The van der Waals surface area contributed by atoms with E-state index in [9.17, 15) is 0 Å². The van der Waals surface area contributed by atoms with Gasteiger partial charge in [0.1, 0.15) is 5.69 Å². The van der Waals surface area contributed by atoms with Crippen molar-refractivity contribution in [2.45, 2.75) is 0 Å². The van der Waals surface area contributed by atoms with Crippen LogP contribution in [0.4, 0.5) is 5.82 Å². The lowest BCUT2D eigenvalue weighted by Gasteiger charge is -2.02. The average Bonchev–Trinajstić information content (AvgIpc) is 3.25. The highest BCUT2D eigenvalue weighted by Gasteiger charge is 2.11. The maximum Gasteiger partial charge on any atom is 0.176 e. The summed E-state index contributed by atoms with van der Waals surface area (Å²) in [7, 11) is 0. The van der Waals surface area contributed by atoms with E-state index in [1.165, 1.54) is 0 Å². The molecule has 0 aliphatic heterocycles. The Morgan fingerprint density at radius 1 is 0.900 bits per heavy atom. The summed E-state index contributed by atoms with van der Waals surface area (Å²) in [6.07, 6.45) is 8.94. The number of hydrogen-bond acceptors (Lipinski definition) is 6. The average molecular weight is 391 g/mol. The fourth-order valence-electron chi connectivity index (χ4n) is 3.20. The van der Waals surface area contributed by atoms with Gasteiger partial charge >= 0.3 is 0 Å². The Morgan fingerprint density at radius 3 is 2.63 bits per heavy atom. The Kier molecular flexibility index (Phi) is 4.67. The summed E-state index contributed by atoms with van der Waals surface area (Å²) in [5, 5.41) is 19.3. The second-order valence-corrected chi connectivity index (χ2v) is 6.61. The van der Waals surface area contributed by atoms with Crippen molar-refractivity contribution < 1.29 is 0 Å². The lowest BCUT2D eigenvalue weighted by Crippen LogP contribution is -1.96. The van der Waals surface area contributed by atoms with Crippen LogP contribution in [0.2, 0.25) is 0 Å². The number of nitrogens with zero attached hydrogens (tertiary/aromatic N) is 6. The number of hydrogen-bond donors (Lipinski definition) is 1. The van der Waals surface area contributed by atoms with E-state index in [4.69, 9.17) is 5.10 Å². The van der Waals surface area contributed by atoms with Crippen molar-refractivity contribution in [3.63, 3.8) is 0 Å². The van der Waals surface area contributed by atoms with Crippen molar-refractivity contribution in [3.8, 4) is 16.9 Å². The molecule has 3 heterocycles. The molecule has 7 nitrogen and oxygen atoms in total. The van der Waals surface area contributed by atoms with Crippen molar-refractivity contribution in [1.82, 2.24) is 25.0 Å². The first-order valence-corrected chi connectivity index (χ1v) is 9.43. The Balaban J connectivity index is 1.50. The molecular formula is C23H17N7. The first-order chi connectivity index (χ1) is 14.9. The molecule has 3 aromatic heterocycles. The van der Waals surface area contributed by atoms with Crippen LogP contribution in [-0.4, -0.2) is 31.2 Å². The largest absolute Gasteiger partial charge is 0.264 e. The minimum Gasteiger partial charge on any atom is -0.264 e. The van der Waals surface area contributed by atoms with Crippen LogP contribution in [0.15, 0.2) is 96.6 Å². The van der Waals surface area contributed by atoms with Gasteiger partial charge < -0.3 is 0 Å². The monoisotopic (exact) mass is 391 g/mol. The summed E-state index contributed by atoms with van der Waals surface area (Å²) in [5.41, 5.74) is 6.54. The smallest absolute Gasteiger partial charge is 0.176 e. The lowest BCUT2D eigenvalue weighted by atomic mass is 10.1. The topological polar surface area (TPSA) is 80.9 Å². The molecule has 0 aliphatic rings. The van der Waals surface area contributed by atoms with Crippen LogP contribution in [0, 0.1) is 0 Å². The molecule has 2 aromatic carbocycles.